The second-order valence-corrected chi connectivity index (χ2v) is 6.03. The lowest BCUT2D eigenvalue weighted by Gasteiger charge is -2.11. The molecule has 0 aliphatic rings. The lowest BCUT2D eigenvalue weighted by Crippen LogP contribution is -2.15. The molecular formula is C17H16N6OS. The van der Waals surface area contributed by atoms with E-state index in [-0.39, 0.29) is 23.6 Å². The Hall–Kier alpha value is -3.13. The highest BCUT2D eigenvalue weighted by atomic mass is 32.2. The van der Waals surface area contributed by atoms with Gasteiger partial charge in [0.2, 0.25) is 17.8 Å². The topological polar surface area (TPSA) is 120 Å². The number of carbonyl (C=O) groups excluding carboxylic acids is 1. The molecule has 3 rings (SSSR count). The van der Waals surface area contributed by atoms with E-state index in [0.717, 1.165) is 28.6 Å². The van der Waals surface area contributed by atoms with Crippen molar-refractivity contribution in [2.75, 3.05) is 22.5 Å². The molecule has 1 aromatic heterocycles. The Balaban J connectivity index is 1.69. The van der Waals surface area contributed by atoms with Crippen LogP contribution in [-0.2, 0) is 4.79 Å². The van der Waals surface area contributed by atoms with Gasteiger partial charge in [0.25, 0.3) is 0 Å². The van der Waals surface area contributed by atoms with E-state index in [1.807, 2.05) is 54.6 Å². The van der Waals surface area contributed by atoms with Crippen molar-refractivity contribution >= 4 is 35.3 Å². The first kappa shape index (κ1) is 16.7. The highest BCUT2D eigenvalue weighted by Crippen LogP contribution is 2.27. The Bertz CT molecular complexity index is 867. The van der Waals surface area contributed by atoms with E-state index < -0.39 is 0 Å². The summed E-state index contributed by atoms with van der Waals surface area (Å²) in [5.74, 6) is 0.0204. The second-order valence-electron chi connectivity index (χ2n) is 5.08. The van der Waals surface area contributed by atoms with Crippen LogP contribution in [0.5, 0.6) is 0 Å². The summed E-state index contributed by atoms with van der Waals surface area (Å²) in [5, 5.41) is 3.23. The van der Waals surface area contributed by atoms with Gasteiger partial charge < -0.3 is 16.8 Å². The summed E-state index contributed by atoms with van der Waals surface area (Å²) in [6, 6.07) is 17.5. The van der Waals surface area contributed by atoms with Gasteiger partial charge in [0.05, 0.1) is 5.75 Å². The fraction of sp³-hybridized carbons (Fsp3) is 0.0588. The molecule has 1 heterocycles. The number of benzene rings is 2. The predicted molar refractivity (Wildman–Crippen MR) is 99.9 cm³/mol. The Labute approximate surface area is 148 Å². The molecule has 0 aliphatic heterocycles. The van der Waals surface area contributed by atoms with Gasteiger partial charge in [0.1, 0.15) is 0 Å². The maximum absolute atomic E-state index is 12.3. The molecule has 7 nitrogen and oxygen atoms in total. The minimum Gasteiger partial charge on any atom is -0.368 e. The van der Waals surface area contributed by atoms with Gasteiger partial charge in [-0.2, -0.15) is 15.0 Å². The van der Waals surface area contributed by atoms with Crippen LogP contribution in [-0.4, -0.2) is 26.6 Å². The third kappa shape index (κ3) is 4.45. The Kier molecular flexibility index (Phi) is 5.10. The number of hydrogen-bond acceptors (Lipinski definition) is 7. The number of nitrogen functional groups attached to an aromatic ring is 2. The standard InChI is InChI=1S/C17H16N6OS/c18-15-21-16(19)23-17(22-15)25-10-14(24)20-13-9-5-4-8-12(13)11-6-2-1-3-7-11/h1-9H,10H2,(H,20,24)(H4,18,19,21,22,23). The van der Waals surface area contributed by atoms with Crippen LogP contribution >= 0.6 is 11.8 Å². The Morgan fingerprint density at radius 3 is 2.28 bits per heavy atom. The number of para-hydroxylation sites is 1. The normalized spacial score (nSPS) is 10.4. The molecule has 0 aliphatic carbocycles. The predicted octanol–water partition coefficient (Wildman–Crippen LogP) is 2.43. The molecule has 0 spiro atoms. The van der Waals surface area contributed by atoms with Gasteiger partial charge in [-0.1, -0.05) is 60.3 Å². The number of amides is 1. The number of rotatable bonds is 5. The Morgan fingerprint density at radius 1 is 0.920 bits per heavy atom. The average Bonchev–Trinajstić information content (AvgIpc) is 2.60. The maximum Gasteiger partial charge on any atom is 0.234 e. The zero-order valence-corrected chi connectivity index (χ0v) is 14.0. The van der Waals surface area contributed by atoms with E-state index in [2.05, 4.69) is 20.3 Å². The molecule has 5 N–H and O–H groups in total. The number of carbonyl (C=O) groups is 1. The summed E-state index contributed by atoms with van der Waals surface area (Å²) in [4.78, 5) is 23.8. The van der Waals surface area contributed by atoms with Crippen LogP contribution in [0.15, 0.2) is 59.8 Å². The number of anilines is 3. The highest BCUT2D eigenvalue weighted by molar-refractivity contribution is 7.99. The van der Waals surface area contributed by atoms with Crippen LogP contribution in [0.25, 0.3) is 11.1 Å². The van der Waals surface area contributed by atoms with Crippen molar-refractivity contribution in [2.24, 2.45) is 0 Å². The average molecular weight is 352 g/mol. The first-order chi connectivity index (χ1) is 12.1. The quantitative estimate of drug-likeness (QED) is 0.603. The number of aromatic nitrogens is 3. The van der Waals surface area contributed by atoms with Crippen LogP contribution in [0.1, 0.15) is 0 Å². The first-order valence-electron chi connectivity index (χ1n) is 7.46. The zero-order valence-electron chi connectivity index (χ0n) is 13.2. The number of thioether (sulfide) groups is 1. The molecular weight excluding hydrogens is 336 g/mol. The fourth-order valence-corrected chi connectivity index (χ4v) is 2.88. The van der Waals surface area contributed by atoms with Crippen LogP contribution in [0, 0.1) is 0 Å². The molecule has 8 heteroatoms. The monoisotopic (exact) mass is 352 g/mol. The first-order valence-corrected chi connectivity index (χ1v) is 8.44. The van der Waals surface area contributed by atoms with E-state index >= 15 is 0 Å². The molecule has 0 radical (unpaired) electrons. The van der Waals surface area contributed by atoms with Gasteiger partial charge in [-0.3, -0.25) is 4.79 Å². The minimum absolute atomic E-state index is 0.0323. The SMILES string of the molecule is Nc1nc(N)nc(SCC(=O)Nc2ccccc2-c2ccccc2)n1. The molecule has 0 bridgehead atoms. The van der Waals surface area contributed by atoms with Crippen molar-refractivity contribution in [1.82, 2.24) is 15.0 Å². The van der Waals surface area contributed by atoms with Gasteiger partial charge >= 0.3 is 0 Å². The van der Waals surface area contributed by atoms with E-state index in [0.29, 0.717) is 5.16 Å². The number of nitrogens with zero attached hydrogens (tertiary/aromatic N) is 3. The van der Waals surface area contributed by atoms with E-state index in [9.17, 15) is 4.79 Å². The van der Waals surface area contributed by atoms with Crippen molar-refractivity contribution in [2.45, 2.75) is 5.16 Å². The summed E-state index contributed by atoms with van der Waals surface area (Å²) < 4.78 is 0. The van der Waals surface area contributed by atoms with Crippen molar-refractivity contribution < 1.29 is 4.79 Å². The van der Waals surface area contributed by atoms with Crippen molar-refractivity contribution in [1.29, 1.82) is 0 Å². The van der Waals surface area contributed by atoms with Crippen LogP contribution in [0.2, 0.25) is 0 Å². The molecule has 1 amide bonds. The van der Waals surface area contributed by atoms with E-state index in [4.69, 9.17) is 11.5 Å². The fourth-order valence-electron chi connectivity index (χ4n) is 2.23. The van der Waals surface area contributed by atoms with Gasteiger partial charge in [0.15, 0.2) is 5.16 Å². The van der Waals surface area contributed by atoms with Crippen molar-refractivity contribution in [3.63, 3.8) is 0 Å². The summed E-state index contributed by atoms with van der Waals surface area (Å²) in [6.45, 7) is 0. The van der Waals surface area contributed by atoms with Crippen molar-refractivity contribution in [3.05, 3.63) is 54.6 Å². The highest BCUT2D eigenvalue weighted by Gasteiger charge is 2.10. The maximum atomic E-state index is 12.3. The minimum atomic E-state index is -0.175. The number of nitrogens with two attached hydrogens (primary N) is 2. The summed E-state index contributed by atoms with van der Waals surface area (Å²) in [6.07, 6.45) is 0. The van der Waals surface area contributed by atoms with Gasteiger partial charge in [-0.25, -0.2) is 0 Å². The number of nitrogens with one attached hydrogen (secondary N) is 1. The molecule has 0 saturated heterocycles. The third-order valence-corrected chi connectivity index (χ3v) is 4.12. The molecule has 2 aromatic carbocycles. The van der Waals surface area contributed by atoms with Gasteiger partial charge in [-0.05, 0) is 11.6 Å². The zero-order chi connectivity index (χ0) is 17.6. The number of hydrogen-bond donors (Lipinski definition) is 3. The van der Waals surface area contributed by atoms with Crippen molar-refractivity contribution in [3.8, 4) is 11.1 Å². The van der Waals surface area contributed by atoms with Gasteiger partial charge in [0, 0.05) is 11.3 Å². The van der Waals surface area contributed by atoms with Crippen LogP contribution in [0.3, 0.4) is 0 Å². The molecule has 0 fully saturated rings. The second kappa shape index (κ2) is 7.63. The lowest BCUT2D eigenvalue weighted by atomic mass is 10.0. The molecule has 0 atom stereocenters. The molecule has 0 unspecified atom stereocenters. The van der Waals surface area contributed by atoms with Crippen LogP contribution < -0.4 is 16.8 Å². The van der Waals surface area contributed by atoms with E-state index in [1.54, 1.807) is 0 Å². The molecule has 0 saturated carbocycles. The van der Waals surface area contributed by atoms with Crippen LogP contribution in [0.4, 0.5) is 17.6 Å². The molecule has 126 valence electrons. The third-order valence-electron chi connectivity index (χ3n) is 3.27. The lowest BCUT2D eigenvalue weighted by molar-refractivity contribution is -0.113. The summed E-state index contributed by atoms with van der Waals surface area (Å²) >= 11 is 1.14. The summed E-state index contributed by atoms with van der Waals surface area (Å²) in [5.41, 5.74) is 13.8. The van der Waals surface area contributed by atoms with E-state index in [1.165, 1.54) is 0 Å². The Morgan fingerprint density at radius 2 is 1.56 bits per heavy atom. The smallest absolute Gasteiger partial charge is 0.234 e. The van der Waals surface area contributed by atoms with Gasteiger partial charge in [-0.15, -0.1) is 0 Å². The molecule has 3 aromatic rings. The summed E-state index contributed by atoms with van der Waals surface area (Å²) in [7, 11) is 0. The largest absolute Gasteiger partial charge is 0.368 e. The molecule has 25 heavy (non-hydrogen) atoms.